The highest BCUT2D eigenvalue weighted by Crippen LogP contribution is 2.35. The number of nitrogens with zero attached hydrogens (tertiary/aromatic N) is 1. The number of nitrogens with one attached hydrogen (secondary N) is 1. The number of likely N-dealkylation sites (tertiary alicyclic amines) is 1. The van der Waals surface area contributed by atoms with E-state index in [2.05, 4.69) is 5.32 Å². The molecule has 2 aromatic carbocycles. The number of benzene rings is 2. The van der Waals surface area contributed by atoms with Crippen LogP contribution in [0.15, 0.2) is 66.7 Å². The molecule has 1 saturated heterocycles. The Morgan fingerprint density at radius 1 is 0.893 bits per heavy atom. The minimum atomic E-state index is -0.251. The molecule has 0 unspecified atom stereocenters. The number of para-hydroxylation sites is 1. The maximum absolute atomic E-state index is 12.5. The molecule has 1 N–H and O–H groups in total. The third kappa shape index (κ3) is 3.48. The SMILES string of the molecule is O=C(CCN1C(=O)[C@H]2CC=CC[C@H]2C1=O)Nc1ccccc1-c1ccccc1. The van der Waals surface area contributed by atoms with Crippen LogP contribution in [0.25, 0.3) is 11.1 Å². The largest absolute Gasteiger partial charge is 0.325 e. The summed E-state index contributed by atoms with van der Waals surface area (Å²) in [5, 5.41) is 2.92. The standard InChI is InChI=1S/C23H22N2O3/c26-21(14-15-25-22(27)18-11-4-5-12-19(18)23(25)28)24-20-13-7-6-10-17(20)16-8-2-1-3-9-16/h1-10,13,18-19H,11-12,14-15H2,(H,24,26)/t18-,19+. The van der Waals surface area contributed by atoms with Gasteiger partial charge in [0.1, 0.15) is 0 Å². The molecule has 1 aliphatic carbocycles. The van der Waals surface area contributed by atoms with Gasteiger partial charge in [0, 0.05) is 24.2 Å². The van der Waals surface area contributed by atoms with E-state index in [0.29, 0.717) is 12.8 Å². The van der Waals surface area contributed by atoms with Crippen molar-refractivity contribution in [1.82, 2.24) is 4.90 Å². The lowest BCUT2D eigenvalue weighted by molar-refractivity contribution is -0.140. The first-order valence-electron chi connectivity index (χ1n) is 9.59. The van der Waals surface area contributed by atoms with Crippen LogP contribution in [-0.2, 0) is 14.4 Å². The molecule has 5 heteroatoms. The van der Waals surface area contributed by atoms with Gasteiger partial charge >= 0.3 is 0 Å². The highest BCUT2D eigenvalue weighted by molar-refractivity contribution is 6.06. The van der Waals surface area contributed by atoms with E-state index in [9.17, 15) is 14.4 Å². The number of carbonyl (C=O) groups excluding carboxylic acids is 3. The minimum absolute atomic E-state index is 0.0907. The molecule has 0 radical (unpaired) electrons. The van der Waals surface area contributed by atoms with E-state index in [-0.39, 0.29) is 42.5 Å². The Bertz CT molecular complexity index is 910. The molecule has 4 rings (SSSR count). The number of fused-ring (bicyclic) bond motifs is 1. The summed E-state index contributed by atoms with van der Waals surface area (Å²) in [5.74, 6) is -0.996. The average molecular weight is 374 g/mol. The van der Waals surface area contributed by atoms with Gasteiger partial charge in [-0.15, -0.1) is 0 Å². The summed E-state index contributed by atoms with van der Waals surface area (Å²) in [7, 11) is 0. The predicted octanol–water partition coefficient (Wildman–Crippen LogP) is 3.63. The Hall–Kier alpha value is -3.21. The number of rotatable bonds is 5. The van der Waals surface area contributed by atoms with Crippen LogP contribution in [0.1, 0.15) is 19.3 Å². The summed E-state index contributed by atoms with van der Waals surface area (Å²) in [6.45, 7) is 0.129. The van der Waals surface area contributed by atoms with E-state index in [1.807, 2.05) is 66.7 Å². The lowest BCUT2D eigenvalue weighted by atomic mass is 9.85. The predicted molar refractivity (Wildman–Crippen MR) is 107 cm³/mol. The number of imide groups is 1. The van der Waals surface area contributed by atoms with E-state index >= 15 is 0 Å². The molecule has 142 valence electrons. The molecule has 0 saturated carbocycles. The Morgan fingerprint density at radius 2 is 1.50 bits per heavy atom. The third-order valence-electron chi connectivity index (χ3n) is 5.45. The van der Waals surface area contributed by atoms with Gasteiger partial charge in [0.2, 0.25) is 17.7 Å². The van der Waals surface area contributed by atoms with Gasteiger partial charge in [-0.3, -0.25) is 19.3 Å². The Kier molecular flexibility index (Phi) is 5.06. The quantitative estimate of drug-likeness (QED) is 0.642. The molecule has 3 amide bonds. The van der Waals surface area contributed by atoms with E-state index in [1.54, 1.807) is 0 Å². The molecule has 1 fully saturated rings. The summed E-state index contributed by atoms with van der Waals surface area (Å²) >= 11 is 0. The van der Waals surface area contributed by atoms with Crippen LogP contribution in [0.2, 0.25) is 0 Å². The van der Waals surface area contributed by atoms with Gasteiger partial charge < -0.3 is 5.32 Å². The second-order valence-corrected chi connectivity index (χ2v) is 7.19. The molecule has 2 aliphatic rings. The molecule has 0 bridgehead atoms. The average Bonchev–Trinajstić information content (AvgIpc) is 2.98. The lowest BCUT2D eigenvalue weighted by Crippen LogP contribution is -2.34. The number of amides is 3. The fourth-order valence-electron chi connectivity index (χ4n) is 3.98. The number of carbonyl (C=O) groups is 3. The molecule has 2 atom stereocenters. The summed E-state index contributed by atoms with van der Waals surface area (Å²) < 4.78 is 0. The van der Waals surface area contributed by atoms with Gasteiger partial charge in [-0.25, -0.2) is 0 Å². The van der Waals surface area contributed by atoms with E-state index < -0.39 is 0 Å². The van der Waals surface area contributed by atoms with Crippen molar-refractivity contribution in [2.24, 2.45) is 11.8 Å². The zero-order chi connectivity index (χ0) is 19.5. The first-order valence-corrected chi connectivity index (χ1v) is 9.59. The van der Waals surface area contributed by atoms with Crippen molar-refractivity contribution in [1.29, 1.82) is 0 Å². The number of anilines is 1. The Labute approximate surface area is 164 Å². The Morgan fingerprint density at radius 3 is 2.18 bits per heavy atom. The van der Waals surface area contributed by atoms with Gasteiger partial charge in [-0.2, -0.15) is 0 Å². The molecule has 5 nitrogen and oxygen atoms in total. The van der Waals surface area contributed by atoms with Gasteiger partial charge in [0.05, 0.1) is 11.8 Å². The van der Waals surface area contributed by atoms with Crippen molar-refractivity contribution in [2.45, 2.75) is 19.3 Å². The summed E-state index contributed by atoms with van der Waals surface area (Å²) in [5.41, 5.74) is 2.66. The van der Waals surface area contributed by atoms with Crippen molar-refractivity contribution in [2.75, 3.05) is 11.9 Å². The van der Waals surface area contributed by atoms with Crippen LogP contribution in [0, 0.1) is 11.8 Å². The van der Waals surface area contributed by atoms with Crippen molar-refractivity contribution in [3.8, 4) is 11.1 Å². The maximum atomic E-state index is 12.5. The first-order chi connectivity index (χ1) is 13.6. The molecule has 28 heavy (non-hydrogen) atoms. The highest BCUT2D eigenvalue weighted by Gasteiger charge is 2.46. The summed E-state index contributed by atoms with van der Waals surface area (Å²) in [6.07, 6.45) is 5.24. The fourth-order valence-corrected chi connectivity index (χ4v) is 3.98. The molecular formula is C23H22N2O3. The number of hydrogen-bond acceptors (Lipinski definition) is 3. The summed E-state index contributed by atoms with van der Waals surface area (Å²) in [4.78, 5) is 38.8. The second-order valence-electron chi connectivity index (χ2n) is 7.19. The lowest BCUT2D eigenvalue weighted by Gasteiger charge is -2.15. The molecule has 1 heterocycles. The molecule has 0 aromatic heterocycles. The number of allylic oxidation sites excluding steroid dienone is 2. The van der Waals surface area contributed by atoms with Crippen LogP contribution in [0.3, 0.4) is 0 Å². The fraction of sp³-hybridized carbons (Fsp3) is 0.261. The zero-order valence-electron chi connectivity index (χ0n) is 15.5. The normalized spacial score (nSPS) is 20.9. The van der Waals surface area contributed by atoms with Crippen LogP contribution in [0.5, 0.6) is 0 Å². The highest BCUT2D eigenvalue weighted by atomic mass is 16.2. The topological polar surface area (TPSA) is 66.5 Å². The van der Waals surface area contributed by atoms with Crippen molar-refractivity contribution in [3.63, 3.8) is 0 Å². The van der Waals surface area contributed by atoms with Gasteiger partial charge in [-0.05, 0) is 24.5 Å². The zero-order valence-corrected chi connectivity index (χ0v) is 15.5. The van der Waals surface area contributed by atoms with Gasteiger partial charge in [-0.1, -0.05) is 60.7 Å². The van der Waals surface area contributed by atoms with Gasteiger partial charge in [0.15, 0.2) is 0 Å². The van der Waals surface area contributed by atoms with Crippen LogP contribution >= 0.6 is 0 Å². The smallest absolute Gasteiger partial charge is 0.233 e. The van der Waals surface area contributed by atoms with Crippen molar-refractivity contribution >= 4 is 23.4 Å². The van der Waals surface area contributed by atoms with Crippen LogP contribution in [-0.4, -0.2) is 29.2 Å². The summed E-state index contributed by atoms with van der Waals surface area (Å²) in [6, 6.07) is 17.4. The number of hydrogen-bond donors (Lipinski definition) is 1. The third-order valence-corrected chi connectivity index (χ3v) is 5.45. The second kappa shape index (κ2) is 7.80. The maximum Gasteiger partial charge on any atom is 0.233 e. The molecule has 1 aliphatic heterocycles. The van der Waals surface area contributed by atoms with Crippen molar-refractivity contribution < 1.29 is 14.4 Å². The van der Waals surface area contributed by atoms with E-state index in [4.69, 9.17) is 0 Å². The monoisotopic (exact) mass is 374 g/mol. The molecular weight excluding hydrogens is 352 g/mol. The van der Waals surface area contributed by atoms with E-state index in [1.165, 1.54) is 4.90 Å². The molecule has 2 aromatic rings. The van der Waals surface area contributed by atoms with Crippen LogP contribution in [0.4, 0.5) is 5.69 Å². The van der Waals surface area contributed by atoms with Crippen molar-refractivity contribution in [3.05, 3.63) is 66.7 Å². The van der Waals surface area contributed by atoms with Gasteiger partial charge in [0.25, 0.3) is 0 Å². The Balaban J connectivity index is 1.41. The first kappa shape index (κ1) is 18.2. The minimum Gasteiger partial charge on any atom is -0.325 e. The van der Waals surface area contributed by atoms with E-state index in [0.717, 1.165) is 16.8 Å². The molecule has 0 spiro atoms. The van der Waals surface area contributed by atoms with Crippen LogP contribution < -0.4 is 5.32 Å².